The quantitative estimate of drug-likeness (QED) is 0.775. The zero-order valence-corrected chi connectivity index (χ0v) is 12.6. The van der Waals surface area contributed by atoms with Gasteiger partial charge >= 0.3 is 5.97 Å². The molecule has 0 fully saturated rings. The Labute approximate surface area is 133 Å². The zero-order valence-electron chi connectivity index (χ0n) is 12.6. The number of pyridine rings is 1. The minimum Gasteiger partial charge on any atom is -0.462 e. The Bertz CT molecular complexity index is 745. The third kappa shape index (κ3) is 3.64. The third-order valence-electron chi connectivity index (χ3n) is 3.18. The number of carbonyl (C=O) groups is 1. The lowest BCUT2D eigenvalue weighted by Gasteiger charge is -2.15. The molecule has 5 nitrogen and oxygen atoms in total. The van der Waals surface area contributed by atoms with Crippen molar-refractivity contribution < 1.29 is 18.7 Å². The van der Waals surface area contributed by atoms with Gasteiger partial charge in [-0.05, 0) is 31.1 Å². The number of nitrogens with zero attached hydrogens (tertiary/aromatic N) is 2. The van der Waals surface area contributed by atoms with E-state index < -0.39 is 11.8 Å². The van der Waals surface area contributed by atoms with Gasteiger partial charge in [-0.25, -0.2) is 14.2 Å². The maximum Gasteiger partial charge on any atom is 0.344 e. The summed E-state index contributed by atoms with van der Waals surface area (Å²) in [5, 5.41) is 8.93. The van der Waals surface area contributed by atoms with Crippen molar-refractivity contribution in [1.82, 2.24) is 4.98 Å². The van der Waals surface area contributed by atoms with Crippen LogP contribution in [0.25, 0.3) is 6.08 Å². The lowest BCUT2D eigenvalue weighted by atomic mass is 10.0. The number of hydrogen-bond donors (Lipinski definition) is 0. The first-order valence-corrected chi connectivity index (χ1v) is 7.06. The van der Waals surface area contributed by atoms with E-state index >= 15 is 0 Å². The molecule has 0 N–H and O–H groups in total. The second-order valence-electron chi connectivity index (χ2n) is 4.66. The minimum atomic E-state index is -0.633. The predicted octanol–water partition coefficient (Wildman–Crippen LogP) is 3.70. The van der Waals surface area contributed by atoms with Crippen molar-refractivity contribution in [3.8, 4) is 11.9 Å². The van der Waals surface area contributed by atoms with Crippen LogP contribution in [0.4, 0.5) is 4.39 Å². The molecule has 0 aliphatic heterocycles. The molecule has 0 radical (unpaired) electrons. The molecule has 1 heterocycles. The fourth-order valence-corrected chi connectivity index (χ4v) is 2.07. The maximum atomic E-state index is 13.9. The molecule has 0 aromatic carbocycles. The lowest BCUT2D eigenvalue weighted by molar-refractivity contribution is 0.0522. The van der Waals surface area contributed by atoms with E-state index in [1.54, 1.807) is 13.0 Å². The number of nitriles is 1. The molecule has 0 amide bonds. The number of halogens is 1. The smallest absolute Gasteiger partial charge is 0.344 e. The number of carbonyl (C=O) groups excluding carboxylic acids is 1. The van der Waals surface area contributed by atoms with Crippen molar-refractivity contribution in [3.05, 3.63) is 53.2 Å². The normalized spacial score (nSPS) is 13.9. The predicted molar refractivity (Wildman–Crippen MR) is 82.0 cm³/mol. The van der Waals surface area contributed by atoms with Crippen molar-refractivity contribution in [2.75, 3.05) is 6.61 Å². The standard InChI is InChI=1S/C17H15FN2O3/c1-3-12-7-8-20-16(15(12)17(21)22-4-2)23-14-9-11(10-19)5-6-13(14)18/h3,7-9H,1,4-6H2,2H3. The largest absolute Gasteiger partial charge is 0.462 e. The molecule has 0 atom stereocenters. The summed E-state index contributed by atoms with van der Waals surface area (Å²) < 4.78 is 24.4. The Morgan fingerprint density at radius 1 is 1.57 bits per heavy atom. The van der Waals surface area contributed by atoms with Crippen molar-refractivity contribution in [1.29, 1.82) is 5.26 Å². The molecule has 0 unspecified atom stereocenters. The van der Waals surface area contributed by atoms with Crippen LogP contribution < -0.4 is 4.74 Å². The Kier molecular flexibility index (Phi) is 5.26. The summed E-state index contributed by atoms with van der Waals surface area (Å²) in [4.78, 5) is 16.1. The van der Waals surface area contributed by atoms with Gasteiger partial charge in [-0.15, -0.1) is 0 Å². The van der Waals surface area contributed by atoms with Crippen LogP contribution in [0.2, 0.25) is 0 Å². The Balaban J connectivity index is 2.44. The van der Waals surface area contributed by atoms with Gasteiger partial charge in [-0.2, -0.15) is 5.26 Å². The Hall–Kier alpha value is -2.94. The van der Waals surface area contributed by atoms with E-state index in [-0.39, 0.29) is 30.2 Å². The van der Waals surface area contributed by atoms with Crippen molar-refractivity contribution >= 4 is 12.0 Å². The first kappa shape index (κ1) is 16.4. The number of rotatable bonds is 5. The summed E-state index contributed by atoms with van der Waals surface area (Å²) in [5.74, 6) is -1.33. The molecule has 1 aromatic heterocycles. The summed E-state index contributed by atoms with van der Waals surface area (Å²) in [7, 11) is 0. The van der Waals surface area contributed by atoms with Crippen molar-refractivity contribution in [3.63, 3.8) is 0 Å². The third-order valence-corrected chi connectivity index (χ3v) is 3.18. The molecule has 1 aliphatic rings. The van der Waals surface area contributed by atoms with E-state index in [0.717, 1.165) is 0 Å². The van der Waals surface area contributed by atoms with E-state index in [4.69, 9.17) is 14.7 Å². The second-order valence-corrected chi connectivity index (χ2v) is 4.66. The Morgan fingerprint density at radius 3 is 3.00 bits per heavy atom. The number of allylic oxidation sites excluding steroid dienone is 3. The monoisotopic (exact) mass is 314 g/mol. The van der Waals surface area contributed by atoms with Gasteiger partial charge in [-0.3, -0.25) is 0 Å². The van der Waals surface area contributed by atoms with Gasteiger partial charge in [0.1, 0.15) is 11.4 Å². The van der Waals surface area contributed by atoms with Gasteiger partial charge in [-0.1, -0.05) is 12.7 Å². The van der Waals surface area contributed by atoms with E-state index in [9.17, 15) is 9.18 Å². The van der Waals surface area contributed by atoms with Gasteiger partial charge in [0.2, 0.25) is 5.88 Å². The van der Waals surface area contributed by atoms with Gasteiger partial charge in [0.25, 0.3) is 0 Å². The highest BCUT2D eigenvalue weighted by Crippen LogP contribution is 2.29. The summed E-state index contributed by atoms with van der Waals surface area (Å²) >= 11 is 0. The number of aromatic nitrogens is 1. The fraction of sp³-hybridized carbons (Fsp3) is 0.235. The first-order valence-electron chi connectivity index (χ1n) is 7.06. The number of ether oxygens (including phenoxy) is 2. The van der Waals surface area contributed by atoms with Crippen LogP contribution in [0.1, 0.15) is 35.7 Å². The SMILES string of the molecule is C=Cc1ccnc(OC2=C(F)CCC(C#N)=C2)c1C(=O)OCC. The van der Waals surface area contributed by atoms with E-state index in [2.05, 4.69) is 11.6 Å². The van der Waals surface area contributed by atoms with Crippen LogP contribution >= 0.6 is 0 Å². The molecular formula is C17H15FN2O3. The molecule has 1 aliphatic carbocycles. The van der Waals surface area contributed by atoms with Gasteiger partial charge in [0.15, 0.2) is 5.76 Å². The van der Waals surface area contributed by atoms with Gasteiger partial charge in [0, 0.05) is 18.2 Å². The Morgan fingerprint density at radius 2 is 2.35 bits per heavy atom. The highest BCUT2D eigenvalue weighted by atomic mass is 19.1. The van der Waals surface area contributed by atoms with E-state index in [0.29, 0.717) is 17.6 Å². The molecule has 0 spiro atoms. The number of esters is 1. The average molecular weight is 314 g/mol. The molecule has 0 saturated carbocycles. The van der Waals surface area contributed by atoms with Crippen LogP contribution in [-0.2, 0) is 4.74 Å². The topological polar surface area (TPSA) is 72.2 Å². The summed E-state index contributed by atoms with van der Waals surface area (Å²) in [5.41, 5.74) is 0.941. The minimum absolute atomic E-state index is 0.0714. The zero-order chi connectivity index (χ0) is 16.8. The second kappa shape index (κ2) is 7.36. The summed E-state index contributed by atoms with van der Waals surface area (Å²) in [6, 6.07) is 3.55. The maximum absolute atomic E-state index is 13.9. The molecule has 2 rings (SSSR count). The van der Waals surface area contributed by atoms with Crippen LogP contribution in [0.15, 0.2) is 42.1 Å². The highest BCUT2D eigenvalue weighted by molar-refractivity contribution is 5.96. The summed E-state index contributed by atoms with van der Waals surface area (Å²) in [6.07, 6.45) is 4.59. The fourth-order valence-electron chi connectivity index (χ4n) is 2.07. The van der Waals surface area contributed by atoms with Crippen molar-refractivity contribution in [2.24, 2.45) is 0 Å². The average Bonchev–Trinajstić information content (AvgIpc) is 2.56. The molecular weight excluding hydrogens is 299 g/mol. The van der Waals surface area contributed by atoms with Crippen LogP contribution in [0, 0.1) is 11.3 Å². The van der Waals surface area contributed by atoms with E-state index in [1.165, 1.54) is 18.3 Å². The van der Waals surface area contributed by atoms with Gasteiger partial charge < -0.3 is 9.47 Å². The molecule has 0 bridgehead atoms. The first-order chi connectivity index (χ1) is 11.1. The van der Waals surface area contributed by atoms with Crippen LogP contribution in [0.3, 0.4) is 0 Å². The number of hydrogen-bond acceptors (Lipinski definition) is 5. The lowest BCUT2D eigenvalue weighted by Crippen LogP contribution is -2.12. The van der Waals surface area contributed by atoms with E-state index in [1.807, 2.05) is 6.07 Å². The molecule has 118 valence electrons. The van der Waals surface area contributed by atoms with Crippen molar-refractivity contribution in [2.45, 2.75) is 19.8 Å². The van der Waals surface area contributed by atoms with Crippen LogP contribution in [0.5, 0.6) is 5.88 Å². The molecule has 0 saturated heterocycles. The molecule has 6 heteroatoms. The van der Waals surface area contributed by atoms with Crippen LogP contribution in [-0.4, -0.2) is 17.6 Å². The molecule has 1 aromatic rings. The van der Waals surface area contributed by atoms with Gasteiger partial charge in [0.05, 0.1) is 12.7 Å². The summed E-state index contributed by atoms with van der Waals surface area (Å²) in [6.45, 7) is 5.48. The highest BCUT2D eigenvalue weighted by Gasteiger charge is 2.22. The molecule has 23 heavy (non-hydrogen) atoms.